The predicted octanol–water partition coefficient (Wildman–Crippen LogP) is 1.95. The number of pyridine rings is 1. The van der Waals surface area contributed by atoms with E-state index < -0.39 is 5.97 Å². The number of urea groups is 1. The van der Waals surface area contributed by atoms with E-state index in [2.05, 4.69) is 15.2 Å². The molecule has 1 aliphatic rings. The largest absolute Gasteiger partial charge is 0.465 e. The number of morpholine rings is 1. The summed E-state index contributed by atoms with van der Waals surface area (Å²) in [5.74, 6) is -0.596. The van der Waals surface area contributed by atoms with Gasteiger partial charge in [0.2, 0.25) is 0 Å². The number of ether oxygens (including phenoxy) is 2. The number of rotatable bonds is 12. The Bertz CT molecular complexity index is 975. The molecule has 3 heterocycles. The van der Waals surface area contributed by atoms with Gasteiger partial charge in [0.15, 0.2) is 5.78 Å². The van der Waals surface area contributed by atoms with Crippen LogP contribution in [0, 0.1) is 0 Å². The van der Waals surface area contributed by atoms with Crippen LogP contribution in [-0.2, 0) is 27.2 Å². The highest BCUT2D eigenvalue weighted by atomic mass is 32.1. The SMILES string of the molecule is CCOC(=O)CNC(=O)N(CCCN1CCOCC1)Cc1ccc(C(=O)Cc2cscc2N)nc1. The van der Waals surface area contributed by atoms with Gasteiger partial charge in [-0.3, -0.25) is 19.5 Å². The molecule has 0 bridgehead atoms. The summed E-state index contributed by atoms with van der Waals surface area (Å²) in [4.78, 5) is 45.3. The zero-order valence-corrected chi connectivity index (χ0v) is 20.8. The number of nitrogen functional groups attached to an aromatic ring is 1. The first-order chi connectivity index (χ1) is 17.0. The van der Waals surface area contributed by atoms with Gasteiger partial charge in [0, 0.05) is 56.4 Å². The zero-order valence-electron chi connectivity index (χ0n) is 20.0. The molecule has 35 heavy (non-hydrogen) atoms. The van der Waals surface area contributed by atoms with E-state index in [-0.39, 0.29) is 31.4 Å². The minimum Gasteiger partial charge on any atom is -0.465 e. The molecule has 0 atom stereocenters. The smallest absolute Gasteiger partial charge is 0.325 e. The molecule has 2 amide bonds. The standard InChI is InChI=1S/C24H33N5O5S/c1-2-34-23(31)14-27-24(32)29(7-3-6-28-8-10-33-11-9-28)15-18-4-5-21(26-13-18)22(30)12-19-16-35-17-20(19)25/h4-5,13,16-17H,2-3,6-12,14-15,25H2,1H3,(H,27,32). The average Bonchev–Trinajstić information content (AvgIpc) is 3.27. The second-order valence-corrected chi connectivity index (χ2v) is 8.94. The van der Waals surface area contributed by atoms with E-state index >= 15 is 0 Å². The summed E-state index contributed by atoms with van der Waals surface area (Å²) in [6.07, 6.45) is 2.59. The predicted molar refractivity (Wildman–Crippen MR) is 133 cm³/mol. The van der Waals surface area contributed by atoms with Gasteiger partial charge in [0.05, 0.1) is 19.8 Å². The molecule has 0 radical (unpaired) electrons. The van der Waals surface area contributed by atoms with Crippen LogP contribution in [0.5, 0.6) is 0 Å². The summed E-state index contributed by atoms with van der Waals surface area (Å²) in [5, 5.41) is 6.30. The maximum atomic E-state index is 12.8. The summed E-state index contributed by atoms with van der Waals surface area (Å²) in [6.45, 7) is 6.64. The molecule has 0 unspecified atom stereocenters. The first kappa shape index (κ1) is 26.6. The summed E-state index contributed by atoms with van der Waals surface area (Å²) in [6, 6.07) is 3.11. The van der Waals surface area contributed by atoms with Crippen LogP contribution < -0.4 is 11.1 Å². The van der Waals surface area contributed by atoms with E-state index in [1.807, 2.05) is 5.38 Å². The zero-order chi connectivity index (χ0) is 25.0. The molecule has 3 N–H and O–H groups in total. The van der Waals surface area contributed by atoms with Crippen molar-refractivity contribution in [2.24, 2.45) is 0 Å². The Hall–Kier alpha value is -3.02. The second-order valence-electron chi connectivity index (χ2n) is 8.20. The van der Waals surface area contributed by atoms with Gasteiger partial charge in [0.1, 0.15) is 12.2 Å². The molecule has 0 saturated carbocycles. The number of Topliss-reactive ketones (excluding diaryl/α,β-unsaturated/α-hetero) is 1. The number of carbonyl (C=O) groups excluding carboxylic acids is 3. The van der Waals surface area contributed by atoms with Crippen molar-refractivity contribution in [3.8, 4) is 0 Å². The number of anilines is 1. The average molecular weight is 504 g/mol. The van der Waals surface area contributed by atoms with Gasteiger partial charge in [-0.25, -0.2) is 4.79 Å². The topological polar surface area (TPSA) is 127 Å². The van der Waals surface area contributed by atoms with Gasteiger partial charge in [-0.05, 0) is 35.9 Å². The lowest BCUT2D eigenvalue weighted by molar-refractivity contribution is -0.141. The van der Waals surface area contributed by atoms with Crippen LogP contribution in [0.2, 0.25) is 0 Å². The van der Waals surface area contributed by atoms with Crippen LogP contribution in [0.1, 0.15) is 35.0 Å². The minimum atomic E-state index is -0.482. The third-order valence-electron chi connectivity index (χ3n) is 5.59. The summed E-state index contributed by atoms with van der Waals surface area (Å²) in [7, 11) is 0. The third-order valence-corrected chi connectivity index (χ3v) is 6.40. The third kappa shape index (κ3) is 8.61. The second kappa shape index (κ2) is 13.8. The molecule has 11 heteroatoms. The van der Waals surface area contributed by atoms with Crippen LogP contribution in [0.15, 0.2) is 29.1 Å². The van der Waals surface area contributed by atoms with E-state index in [4.69, 9.17) is 15.2 Å². The number of ketones is 1. The molecule has 0 spiro atoms. The molecular weight excluding hydrogens is 470 g/mol. The molecule has 3 rings (SSSR count). The van der Waals surface area contributed by atoms with Gasteiger partial charge in [-0.1, -0.05) is 6.07 Å². The Balaban J connectivity index is 1.58. The maximum Gasteiger partial charge on any atom is 0.325 e. The van der Waals surface area contributed by atoms with Crippen LogP contribution in [0.3, 0.4) is 0 Å². The number of nitrogens with zero attached hydrogens (tertiary/aromatic N) is 3. The lowest BCUT2D eigenvalue weighted by Crippen LogP contribution is -2.43. The fraction of sp³-hybridized carbons (Fsp3) is 0.500. The number of amides is 2. The summed E-state index contributed by atoms with van der Waals surface area (Å²) >= 11 is 1.46. The highest BCUT2D eigenvalue weighted by molar-refractivity contribution is 7.08. The maximum absolute atomic E-state index is 12.8. The molecule has 10 nitrogen and oxygen atoms in total. The lowest BCUT2D eigenvalue weighted by Gasteiger charge is -2.28. The Morgan fingerprint density at radius 1 is 1.26 bits per heavy atom. The number of carbonyl (C=O) groups is 3. The highest BCUT2D eigenvalue weighted by Gasteiger charge is 2.18. The van der Waals surface area contributed by atoms with Crippen molar-refractivity contribution in [2.75, 3.05) is 58.3 Å². The van der Waals surface area contributed by atoms with Crippen LogP contribution >= 0.6 is 11.3 Å². The number of hydrogen-bond donors (Lipinski definition) is 2. The molecule has 2 aromatic rings. The van der Waals surface area contributed by atoms with E-state index in [0.29, 0.717) is 24.5 Å². The van der Waals surface area contributed by atoms with Crippen LogP contribution in [0.4, 0.5) is 10.5 Å². The fourth-order valence-electron chi connectivity index (χ4n) is 3.68. The van der Waals surface area contributed by atoms with Gasteiger partial charge in [0.25, 0.3) is 0 Å². The molecule has 1 aliphatic heterocycles. The summed E-state index contributed by atoms with van der Waals surface area (Å²) in [5.41, 5.74) is 8.43. The number of esters is 1. The molecule has 0 aliphatic carbocycles. The van der Waals surface area contributed by atoms with Crippen molar-refractivity contribution in [1.82, 2.24) is 20.1 Å². The summed E-state index contributed by atoms with van der Waals surface area (Å²) < 4.78 is 10.3. The minimum absolute atomic E-state index is 0.115. The first-order valence-electron chi connectivity index (χ1n) is 11.7. The van der Waals surface area contributed by atoms with E-state index in [0.717, 1.165) is 50.4 Å². The monoisotopic (exact) mass is 503 g/mol. The molecule has 190 valence electrons. The van der Waals surface area contributed by atoms with Gasteiger partial charge in [-0.2, -0.15) is 0 Å². The molecule has 1 saturated heterocycles. The van der Waals surface area contributed by atoms with E-state index in [1.165, 1.54) is 11.3 Å². The van der Waals surface area contributed by atoms with Crippen LogP contribution in [0.25, 0.3) is 0 Å². The van der Waals surface area contributed by atoms with Crippen molar-refractivity contribution in [3.05, 3.63) is 45.9 Å². The van der Waals surface area contributed by atoms with Crippen LogP contribution in [-0.4, -0.2) is 85.1 Å². The molecule has 1 fully saturated rings. The Labute approximate surface area is 209 Å². The Morgan fingerprint density at radius 3 is 2.71 bits per heavy atom. The number of aromatic nitrogens is 1. The van der Waals surface area contributed by atoms with Gasteiger partial charge >= 0.3 is 12.0 Å². The van der Waals surface area contributed by atoms with Crippen molar-refractivity contribution < 1.29 is 23.9 Å². The van der Waals surface area contributed by atoms with Crippen molar-refractivity contribution in [3.63, 3.8) is 0 Å². The van der Waals surface area contributed by atoms with Gasteiger partial charge in [-0.15, -0.1) is 11.3 Å². The van der Waals surface area contributed by atoms with E-state index in [9.17, 15) is 14.4 Å². The van der Waals surface area contributed by atoms with E-state index in [1.54, 1.807) is 35.5 Å². The number of nitrogens with two attached hydrogens (primary N) is 1. The fourth-order valence-corrected chi connectivity index (χ4v) is 4.43. The Kier molecular flexibility index (Phi) is 10.5. The Morgan fingerprint density at radius 2 is 2.06 bits per heavy atom. The van der Waals surface area contributed by atoms with Crippen molar-refractivity contribution in [1.29, 1.82) is 0 Å². The number of nitrogens with one attached hydrogen (secondary N) is 1. The first-order valence-corrected chi connectivity index (χ1v) is 12.7. The normalized spacial score (nSPS) is 13.9. The quantitative estimate of drug-likeness (QED) is 0.332. The van der Waals surface area contributed by atoms with Crippen molar-refractivity contribution >= 4 is 34.8 Å². The molecule has 0 aromatic carbocycles. The molecular formula is C24H33N5O5S. The lowest BCUT2D eigenvalue weighted by atomic mass is 10.1. The molecule has 2 aromatic heterocycles. The highest BCUT2D eigenvalue weighted by Crippen LogP contribution is 2.19. The number of hydrogen-bond acceptors (Lipinski definition) is 9. The van der Waals surface area contributed by atoms with Crippen molar-refractivity contribution in [2.45, 2.75) is 26.3 Å². The number of thiophene rings is 1. The van der Waals surface area contributed by atoms with Gasteiger partial charge < -0.3 is 25.4 Å².